The van der Waals surface area contributed by atoms with Gasteiger partial charge in [-0.05, 0) is 66.1 Å². The lowest BCUT2D eigenvalue weighted by molar-refractivity contribution is 0.0735. The summed E-state index contributed by atoms with van der Waals surface area (Å²) in [5, 5.41) is 9.71. The summed E-state index contributed by atoms with van der Waals surface area (Å²) in [6.07, 6.45) is 2.30. The summed E-state index contributed by atoms with van der Waals surface area (Å²) in [4.78, 5) is 12.6. The largest absolute Gasteiger partial charge is 0.423 e. The van der Waals surface area contributed by atoms with E-state index in [0.717, 1.165) is 25.7 Å². The number of nitriles is 1. The molecule has 0 aromatic heterocycles. The number of nitrogens with zero attached hydrogens (tertiary/aromatic N) is 1. The number of fused-ring (bicyclic) bond motifs is 1. The summed E-state index contributed by atoms with van der Waals surface area (Å²) in [6, 6.07) is 15.4. The van der Waals surface area contributed by atoms with Gasteiger partial charge in [-0.3, -0.25) is 0 Å². The van der Waals surface area contributed by atoms with Crippen LogP contribution in [0.1, 0.15) is 72.9 Å². The Hall–Kier alpha value is -3.33. The standard InChI is InChI=1S/C29H28F3NO2/c1-2-3-4-5-18-14-25(30)27(26(31)15-18)19-6-8-20(9-7-19)29(34)35-23-12-13-24-21(16-23)10-11-22(17-33)28(24)32/h6-13,16,18,25-27H,2-5,14-15H2,1H3. The zero-order valence-corrected chi connectivity index (χ0v) is 19.6. The van der Waals surface area contributed by atoms with Crippen LogP contribution in [-0.4, -0.2) is 18.3 Å². The maximum atomic E-state index is 14.9. The first-order chi connectivity index (χ1) is 16.9. The average Bonchev–Trinajstić information content (AvgIpc) is 2.84. The fraction of sp³-hybridized carbons (Fsp3) is 0.379. The van der Waals surface area contributed by atoms with Crippen molar-refractivity contribution in [1.82, 2.24) is 0 Å². The maximum Gasteiger partial charge on any atom is 0.343 e. The van der Waals surface area contributed by atoms with Crippen LogP contribution in [0.3, 0.4) is 0 Å². The molecule has 35 heavy (non-hydrogen) atoms. The smallest absolute Gasteiger partial charge is 0.343 e. The van der Waals surface area contributed by atoms with E-state index >= 15 is 0 Å². The number of unbranched alkanes of at least 4 members (excludes halogenated alkanes) is 2. The van der Waals surface area contributed by atoms with E-state index in [0.29, 0.717) is 23.8 Å². The number of carbonyl (C=O) groups is 1. The lowest BCUT2D eigenvalue weighted by Crippen LogP contribution is -2.33. The van der Waals surface area contributed by atoms with Crippen molar-refractivity contribution in [3.05, 3.63) is 77.1 Å². The molecule has 0 saturated heterocycles. The van der Waals surface area contributed by atoms with E-state index in [2.05, 4.69) is 6.92 Å². The summed E-state index contributed by atoms with van der Waals surface area (Å²) in [7, 11) is 0. The fourth-order valence-corrected chi connectivity index (χ4v) is 5.02. The first-order valence-electron chi connectivity index (χ1n) is 12.1. The Labute approximate surface area is 203 Å². The summed E-state index contributed by atoms with van der Waals surface area (Å²) < 4.78 is 49.5. The third-order valence-corrected chi connectivity index (χ3v) is 6.90. The van der Waals surface area contributed by atoms with Gasteiger partial charge in [0.15, 0.2) is 0 Å². The molecule has 2 unspecified atom stereocenters. The van der Waals surface area contributed by atoms with Crippen LogP contribution in [0.2, 0.25) is 0 Å². The van der Waals surface area contributed by atoms with Gasteiger partial charge in [-0.2, -0.15) is 5.26 Å². The number of esters is 1. The predicted molar refractivity (Wildman–Crippen MR) is 129 cm³/mol. The molecule has 0 amide bonds. The van der Waals surface area contributed by atoms with Crippen LogP contribution in [0.5, 0.6) is 5.75 Å². The second-order valence-corrected chi connectivity index (χ2v) is 9.32. The minimum atomic E-state index is -1.25. The summed E-state index contributed by atoms with van der Waals surface area (Å²) in [5.41, 5.74) is 0.736. The zero-order chi connectivity index (χ0) is 24.9. The highest BCUT2D eigenvalue weighted by Gasteiger charge is 2.39. The van der Waals surface area contributed by atoms with Gasteiger partial charge in [0.05, 0.1) is 11.1 Å². The van der Waals surface area contributed by atoms with Crippen LogP contribution in [0.4, 0.5) is 13.2 Å². The van der Waals surface area contributed by atoms with E-state index in [9.17, 15) is 18.0 Å². The van der Waals surface area contributed by atoms with E-state index < -0.39 is 30.0 Å². The number of hydrogen-bond donors (Lipinski definition) is 0. The van der Waals surface area contributed by atoms with Crippen LogP contribution < -0.4 is 4.74 Å². The molecule has 1 aliphatic rings. The lowest BCUT2D eigenvalue weighted by atomic mass is 9.74. The second-order valence-electron chi connectivity index (χ2n) is 9.32. The van der Waals surface area contributed by atoms with Crippen LogP contribution in [0, 0.1) is 23.1 Å². The normalized spacial score (nSPS) is 22.0. The predicted octanol–water partition coefficient (Wildman–Crippen LogP) is 7.82. The zero-order valence-electron chi connectivity index (χ0n) is 19.6. The molecule has 2 atom stereocenters. The maximum absolute atomic E-state index is 14.9. The van der Waals surface area contributed by atoms with E-state index in [4.69, 9.17) is 10.00 Å². The Morgan fingerprint density at radius 2 is 1.74 bits per heavy atom. The molecular formula is C29H28F3NO2. The van der Waals surface area contributed by atoms with Gasteiger partial charge in [-0.15, -0.1) is 0 Å². The summed E-state index contributed by atoms with van der Waals surface area (Å²) in [5.74, 6) is -1.76. The molecule has 0 N–H and O–H groups in total. The molecule has 3 aromatic rings. The van der Waals surface area contributed by atoms with Crippen LogP contribution in [0.25, 0.3) is 10.8 Å². The van der Waals surface area contributed by atoms with Gasteiger partial charge in [0.1, 0.15) is 30.0 Å². The van der Waals surface area contributed by atoms with Crippen molar-refractivity contribution in [2.24, 2.45) is 5.92 Å². The highest BCUT2D eigenvalue weighted by Crippen LogP contribution is 2.41. The number of benzene rings is 3. The van der Waals surface area contributed by atoms with Gasteiger partial charge in [-0.1, -0.05) is 50.8 Å². The Morgan fingerprint density at radius 3 is 2.40 bits per heavy atom. The van der Waals surface area contributed by atoms with Gasteiger partial charge in [0.25, 0.3) is 0 Å². The molecule has 1 saturated carbocycles. The molecule has 0 bridgehead atoms. The monoisotopic (exact) mass is 479 g/mol. The van der Waals surface area contributed by atoms with E-state index in [-0.39, 0.29) is 28.2 Å². The number of halogens is 3. The molecule has 0 radical (unpaired) electrons. The number of carbonyl (C=O) groups excluding carboxylic acids is 1. The molecule has 1 aliphatic carbocycles. The van der Waals surface area contributed by atoms with Gasteiger partial charge in [0.2, 0.25) is 0 Å². The summed E-state index contributed by atoms with van der Waals surface area (Å²) >= 11 is 0. The SMILES string of the molecule is CCCCCC1CC(F)C(c2ccc(C(=O)Oc3ccc4c(F)c(C#N)ccc4c3)cc2)C(F)C1. The number of alkyl halides is 2. The van der Waals surface area contributed by atoms with Gasteiger partial charge in [0, 0.05) is 11.3 Å². The van der Waals surface area contributed by atoms with Crippen molar-refractivity contribution in [2.75, 3.05) is 0 Å². The third-order valence-electron chi connectivity index (χ3n) is 6.90. The highest BCUT2D eigenvalue weighted by molar-refractivity contribution is 5.92. The molecular weight excluding hydrogens is 451 g/mol. The van der Waals surface area contributed by atoms with E-state index in [1.807, 2.05) is 0 Å². The molecule has 3 aromatic carbocycles. The van der Waals surface area contributed by atoms with Crippen molar-refractivity contribution in [1.29, 1.82) is 5.26 Å². The van der Waals surface area contributed by atoms with Crippen molar-refractivity contribution < 1.29 is 22.7 Å². The van der Waals surface area contributed by atoms with Crippen molar-refractivity contribution >= 4 is 16.7 Å². The molecule has 0 spiro atoms. The Bertz CT molecular complexity index is 1220. The quantitative estimate of drug-likeness (QED) is 0.197. The molecule has 6 heteroatoms. The number of ether oxygens (including phenoxy) is 1. The fourth-order valence-electron chi connectivity index (χ4n) is 5.02. The molecule has 4 rings (SSSR count). The van der Waals surface area contributed by atoms with Gasteiger partial charge in [-0.25, -0.2) is 18.0 Å². The van der Waals surface area contributed by atoms with Crippen molar-refractivity contribution in [2.45, 2.75) is 63.7 Å². The first-order valence-corrected chi connectivity index (χ1v) is 12.1. The molecule has 3 nitrogen and oxygen atoms in total. The minimum absolute atomic E-state index is 0.0571. The molecule has 0 heterocycles. The van der Waals surface area contributed by atoms with Crippen molar-refractivity contribution in [3.63, 3.8) is 0 Å². The average molecular weight is 480 g/mol. The van der Waals surface area contributed by atoms with Gasteiger partial charge < -0.3 is 4.74 Å². The third kappa shape index (κ3) is 5.51. The van der Waals surface area contributed by atoms with Crippen LogP contribution >= 0.6 is 0 Å². The molecule has 1 fully saturated rings. The van der Waals surface area contributed by atoms with Gasteiger partial charge >= 0.3 is 5.97 Å². The Kier molecular flexibility index (Phi) is 7.75. The van der Waals surface area contributed by atoms with Crippen LogP contribution in [0.15, 0.2) is 54.6 Å². The van der Waals surface area contributed by atoms with Crippen molar-refractivity contribution in [3.8, 4) is 11.8 Å². The first kappa shape index (κ1) is 24.8. The van der Waals surface area contributed by atoms with Crippen LogP contribution in [-0.2, 0) is 0 Å². The number of hydrogen-bond acceptors (Lipinski definition) is 3. The molecule has 182 valence electrons. The number of rotatable bonds is 7. The second kappa shape index (κ2) is 10.9. The lowest BCUT2D eigenvalue weighted by Gasteiger charge is -2.35. The van der Waals surface area contributed by atoms with E-state index in [1.165, 1.54) is 36.4 Å². The minimum Gasteiger partial charge on any atom is -0.423 e. The topological polar surface area (TPSA) is 50.1 Å². The molecule has 0 aliphatic heterocycles. The Balaban J connectivity index is 1.42. The highest BCUT2D eigenvalue weighted by atomic mass is 19.1. The van der Waals surface area contributed by atoms with E-state index in [1.54, 1.807) is 24.3 Å². The summed E-state index contributed by atoms with van der Waals surface area (Å²) in [6.45, 7) is 2.11. The Morgan fingerprint density at radius 1 is 1.03 bits per heavy atom.